The predicted octanol–water partition coefficient (Wildman–Crippen LogP) is 2.46. The fourth-order valence-corrected chi connectivity index (χ4v) is 5.32. The Hall–Kier alpha value is -2.34. The zero-order valence-corrected chi connectivity index (χ0v) is 30.5. The number of aliphatic carboxylic acids is 1. The molecule has 48 heavy (non-hydrogen) atoms. The molecule has 0 heterocycles. The minimum atomic E-state index is -3.84. The molecule has 0 radical (unpaired) electrons. The van der Waals surface area contributed by atoms with Gasteiger partial charge in [0.05, 0.1) is 30.9 Å². The van der Waals surface area contributed by atoms with E-state index in [-0.39, 0.29) is 93.5 Å². The van der Waals surface area contributed by atoms with E-state index < -0.39 is 22.1 Å². The quantitative estimate of drug-likeness (QED) is 0.0323. The molecule has 1 atom stereocenters. The van der Waals surface area contributed by atoms with Gasteiger partial charge in [0.2, 0.25) is 23.6 Å². The summed E-state index contributed by atoms with van der Waals surface area (Å²) in [5.41, 5.74) is 0. The Kier molecular flexibility index (Phi) is 29.2. The van der Waals surface area contributed by atoms with Gasteiger partial charge in [-0.15, -0.1) is 0 Å². The second kappa shape index (κ2) is 30.7. The fraction of sp³-hybridized carbons (Fsp3) is 0.839. The van der Waals surface area contributed by atoms with Crippen molar-refractivity contribution in [2.45, 2.75) is 109 Å². The highest BCUT2D eigenvalue weighted by atomic mass is 79.9. The summed E-state index contributed by atoms with van der Waals surface area (Å²) in [5, 5.41) is 20.0. The summed E-state index contributed by atoms with van der Waals surface area (Å²) in [5.74, 6) is -2.53. The number of amides is 4. The van der Waals surface area contributed by atoms with Gasteiger partial charge in [-0.3, -0.25) is 23.7 Å². The van der Waals surface area contributed by atoms with E-state index in [0.717, 1.165) is 70.6 Å². The van der Waals surface area contributed by atoms with Crippen LogP contribution in [0.1, 0.15) is 103 Å². The first-order valence-electron chi connectivity index (χ1n) is 16.9. The van der Waals surface area contributed by atoms with Crippen LogP contribution in [0.4, 0.5) is 0 Å². The van der Waals surface area contributed by atoms with Crippen LogP contribution in [0.2, 0.25) is 0 Å². The predicted molar refractivity (Wildman–Crippen MR) is 184 cm³/mol. The standard InChI is InChI=1S/C31H57BrN4O11S/c32-24-29(39)33-17-18-34-30(40)25-47-22-21-46-20-19-35-27(37)16-15-26(31(41)42)36-28(38)14-12-10-8-6-4-2-1-3-5-7-9-11-13-23-48(43,44)45/h26H,1-25H2,(H,33,39)(H,34,40)(H,35,37)(H,36,38)(H,41,42)(H,43,44,45)/t26-/m0/s1. The Morgan fingerprint density at radius 3 is 1.65 bits per heavy atom. The minimum Gasteiger partial charge on any atom is -0.480 e. The van der Waals surface area contributed by atoms with Gasteiger partial charge in [0.15, 0.2) is 0 Å². The first-order valence-corrected chi connectivity index (χ1v) is 19.7. The van der Waals surface area contributed by atoms with E-state index in [9.17, 15) is 37.5 Å². The number of unbranched alkanes of at least 4 members (excludes halogenated alkanes) is 12. The summed E-state index contributed by atoms with van der Waals surface area (Å²) in [6, 6.07) is -1.14. The molecule has 15 nitrogen and oxygen atoms in total. The third kappa shape index (κ3) is 32.2. The highest BCUT2D eigenvalue weighted by Crippen LogP contribution is 2.13. The third-order valence-corrected chi connectivity index (χ3v) is 8.48. The zero-order chi connectivity index (χ0) is 35.9. The van der Waals surface area contributed by atoms with Crippen molar-refractivity contribution in [3.8, 4) is 0 Å². The van der Waals surface area contributed by atoms with Gasteiger partial charge in [0, 0.05) is 32.5 Å². The number of carboxylic acid groups (broad SMARTS) is 1. The highest BCUT2D eigenvalue weighted by Gasteiger charge is 2.20. The minimum absolute atomic E-state index is 0.0272. The smallest absolute Gasteiger partial charge is 0.326 e. The van der Waals surface area contributed by atoms with Crippen LogP contribution in [0.5, 0.6) is 0 Å². The van der Waals surface area contributed by atoms with E-state index in [1.165, 1.54) is 0 Å². The van der Waals surface area contributed by atoms with Crippen LogP contribution >= 0.6 is 15.9 Å². The van der Waals surface area contributed by atoms with Crippen molar-refractivity contribution in [3.05, 3.63) is 0 Å². The molecular formula is C31H57BrN4O11S. The molecule has 0 fully saturated rings. The van der Waals surface area contributed by atoms with Crippen molar-refractivity contribution in [3.63, 3.8) is 0 Å². The van der Waals surface area contributed by atoms with Crippen LogP contribution in [-0.4, -0.2) is 111 Å². The summed E-state index contributed by atoms with van der Waals surface area (Å²) >= 11 is 3.02. The van der Waals surface area contributed by atoms with Gasteiger partial charge in [-0.05, 0) is 19.3 Å². The number of hydrogen-bond donors (Lipinski definition) is 6. The molecule has 0 rings (SSSR count). The Morgan fingerprint density at radius 1 is 0.604 bits per heavy atom. The van der Waals surface area contributed by atoms with E-state index in [2.05, 4.69) is 37.2 Å². The van der Waals surface area contributed by atoms with Crippen LogP contribution in [0.15, 0.2) is 0 Å². The average molecular weight is 774 g/mol. The van der Waals surface area contributed by atoms with Crippen LogP contribution in [0.3, 0.4) is 0 Å². The molecule has 17 heteroatoms. The van der Waals surface area contributed by atoms with Crippen molar-refractivity contribution in [1.29, 1.82) is 0 Å². The molecule has 0 aliphatic carbocycles. The number of carbonyl (C=O) groups excluding carboxylic acids is 4. The van der Waals surface area contributed by atoms with Crippen molar-refractivity contribution in [2.24, 2.45) is 0 Å². The molecule has 0 unspecified atom stereocenters. The summed E-state index contributed by atoms with van der Waals surface area (Å²) in [6.45, 7) is 1.28. The monoisotopic (exact) mass is 772 g/mol. The normalized spacial score (nSPS) is 11.9. The van der Waals surface area contributed by atoms with Crippen molar-refractivity contribution in [2.75, 3.05) is 57.1 Å². The lowest BCUT2D eigenvalue weighted by Crippen LogP contribution is -2.41. The molecular weight excluding hydrogens is 716 g/mol. The molecule has 0 saturated carbocycles. The first kappa shape index (κ1) is 45.7. The van der Waals surface area contributed by atoms with E-state index in [4.69, 9.17) is 14.0 Å². The number of halogens is 1. The van der Waals surface area contributed by atoms with E-state index in [1.807, 2.05) is 0 Å². The maximum absolute atomic E-state index is 12.2. The molecule has 0 bridgehead atoms. The average Bonchev–Trinajstić information content (AvgIpc) is 3.03. The van der Waals surface area contributed by atoms with Gasteiger partial charge in [0.1, 0.15) is 12.6 Å². The maximum atomic E-state index is 12.2. The lowest BCUT2D eigenvalue weighted by atomic mass is 10.0. The fourth-order valence-electron chi connectivity index (χ4n) is 4.55. The van der Waals surface area contributed by atoms with Crippen molar-refractivity contribution >= 4 is 55.6 Å². The van der Waals surface area contributed by atoms with E-state index >= 15 is 0 Å². The molecule has 0 aliphatic rings. The van der Waals surface area contributed by atoms with Crippen LogP contribution in [-0.2, 0) is 43.6 Å². The van der Waals surface area contributed by atoms with Gasteiger partial charge in [-0.2, -0.15) is 8.42 Å². The summed E-state index contributed by atoms with van der Waals surface area (Å²) in [6.07, 6.45) is 12.9. The first-order chi connectivity index (χ1) is 22.9. The molecule has 280 valence electrons. The van der Waals surface area contributed by atoms with E-state index in [0.29, 0.717) is 19.4 Å². The van der Waals surface area contributed by atoms with Crippen molar-refractivity contribution < 1.29 is 51.5 Å². The SMILES string of the molecule is O=C(CBr)NCCNC(=O)COCCOCCNC(=O)CC[C@H](NC(=O)CCCCCCCCCCCCCCCS(=O)(=O)O)C(=O)O. The summed E-state index contributed by atoms with van der Waals surface area (Å²) in [4.78, 5) is 58.6. The Bertz CT molecular complexity index is 1020. The number of carbonyl (C=O) groups is 5. The van der Waals surface area contributed by atoms with E-state index in [1.54, 1.807) is 0 Å². The van der Waals surface area contributed by atoms with Gasteiger partial charge >= 0.3 is 5.97 Å². The number of rotatable bonds is 33. The maximum Gasteiger partial charge on any atom is 0.326 e. The summed E-state index contributed by atoms with van der Waals surface area (Å²) in [7, 11) is -3.84. The van der Waals surface area contributed by atoms with Gasteiger partial charge in [0.25, 0.3) is 10.1 Å². The summed E-state index contributed by atoms with van der Waals surface area (Å²) < 4.78 is 40.6. The lowest BCUT2D eigenvalue weighted by Gasteiger charge is -2.14. The number of hydrogen-bond acceptors (Lipinski definition) is 9. The number of ether oxygens (including phenoxy) is 2. The topological polar surface area (TPSA) is 227 Å². The molecule has 0 aromatic rings. The molecule has 0 spiro atoms. The lowest BCUT2D eigenvalue weighted by molar-refractivity contribution is -0.142. The second-order valence-electron chi connectivity index (χ2n) is 11.5. The number of carboxylic acids is 1. The molecule has 4 amide bonds. The van der Waals surface area contributed by atoms with Crippen LogP contribution < -0.4 is 21.3 Å². The highest BCUT2D eigenvalue weighted by molar-refractivity contribution is 9.09. The zero-order valence-electron chi connectivity index (χ0n) is 28.1. The third-order valence-electron chi connectivity index (χ3n) is 7.16. The largest absolute Gasteiger partial charge is 0.480 e. The van der Waals surface area contributed by atoms with Gasteiger partial charge in [-0.1, -0.05) is 86.6 Å². The molecule has 0 aliphatic heterocycles. The Labute approximate surface area is 293 Å². The number of nitrogens with one attached hydrogen (secondary N) is 4. The molecule has 6 N–H and O–H groups in total. The van der Waals surface area contributed by atoms with Gasteiger partial charge in [-0.25, -0.2) is 4.79 Å². The Balaban J connectivity index is 3.71. The molecule has 0 saturated heterocycles. The Morgan fingerprint density at radius 2 is 1.10 bits per heavy atom. The second-order valence-corrected chi connectivity index (χ2v) is 13.6. The molecule has 0 aromatic heterocycles. The number of alkyl halides is 1. The van der Waals surface area contributed by atoms with Gasteiger partial charge < -0.3 is 35.8 Å². The van der Waals surface area contributed by atoms with Crippen molar-refractivity contribution in [1.82, 2.24) is 21.3 Å². The molecule has 0 aromatic carbocycles. The van der Waals surface area contributed by atoms with Crippen LogP contribution in [0.25, 0.3) is 0 Å². The van der Waals surface area contributed by atoms with Crippen LogP contribution in [0, 0.1) is 0 Å².